The molecule has 0 radical (unpaired) electrons. The summed E-state index contributed by atoms with van der Waals surface area (Å²) >= 11 is 0. The Kier molecular flexibility index (Phi) is 4.33. The highest BCUT2D eigenvalue weighted by molar-refractivity contribution is 5.64. The minimum absolute atomic E-state index is 0.166. The smallest absolute Gasteiger partial charge is 0.120 e. The van der Waals surface area contributed by atoms with Gasteiger partial charge in [0.2, 0.25) is 0 Å². The predicted molar refractivity (Wildman–Crippen MR) is 83.4 cm³/mol. The molecule has 2 aromatic carbocycles. The summed E-state index contributed by atoms with van der Waals surface area (Å²) in [4.78, 5) is 0. The number of ether oxygens (including phenoxy) is 2. The van der Waals surface area contributed by atoms with Crippen molar-refractivity contribution in [2.75, 3.05) is 6.61 Å². The molecule has 0 atom stereocenters. The van der Waals surface area contributed by atoms with Crippen LogP contribution in [-0.2, 0) is 0 Å². The van der Waals surface area contributed by atoms with Crippen LogP contribution in [0, 0.1) is 0 Å². The summed E-state index contributed by atoms with van der Waals surface area (Å²) in [6.45, 7) is 8.83. The predicted octanol–water partition coefficient (Wildman–Crippen LogP) is 4.93. The number of hydrogen-bond acceptors (Lipinski definition) is 2. The first-order chi connectivity index (χ1) is 9.48. The summed E-state index contributed by atoms with van der Waals surface area (Å²) in [7, 11) is 0. The van der Waals surface area contributed by atoms with Gasteiger partial charge in [0.1, 0.15) is 17.1 Å². The molecule has 0 aliphatic rings. The molecule has 0 unspecified atom stereocenters. The molecular formula is C18H22O2. The maximum atomic E-state index is 5.82. The van der Waals surface area contributed by atoms with Gasteiger partial charge in [-0.3, -0.25) is 0 Å². The van der Waals surface area contributed by atoms with Gasteiger partial charge in [-0.05, 0) is 63.1 Å². The van der Waals surface area contributed by atoms with E-state index in [1.807, 2.05) is 52.0 Å². The van der Waals surface area contributed by atoms with E-state index in [-0.39, 0.29) is 5.60 Å². The Hall–Kier alpha value is -1.96. The zero-order valence-electron chi connectivity index (χ0n) is 12.6. The Morgan fingerprint density at radius 2 is 1.20 bits per heavy atom. The van der Waals surface area contributed by atoms with Crippen molar-refractivity contribution in [2.45, 2.75) is 33.3 Å². The zero-order valence-corrected chi connectivity index (χ0v) is 12.6. The summed E-state index contributed by atoms with van der Waals surface area (Å²) in [6.07, 6.45) is 0. The molecular weight excluding hydrogens is 248 g/mol. The number of benzene rings is 2. The van der Waals surface area contributed by atoms with Crippen LogP contribution in [0.25, 0.3) is 11.1 Å². The second kappa shape index (κ2) is 6.00. The van der Waals surface area contributed by atoms with Crippen molar-refractivity contribution < 1.29 is 9.47 Å². The maximum absolute atomic E-state index is 5.82. The fraction of sp³-hybridized carbons (Fsp3) is 0.333. The molecule has 2 aromatic rings. The average molecular weight is 270 g/mol. The Morgan fingerprint density at radius 3 is 1.60 bits per heavy atom. The lowest BCUT2D eigenvalue weighted by molar-refractivity contribution is 0.131. The maximum Gasteiger partial charge on any atom is 0.120 e. The molecule has 0 aliphatic carbocycles. The molecule has 0 amide bonds. The Labute approximate surface area is 121 Å². The Bertz CT molecular complexity index is 533. The summed E-state index contributed by atoms with van der Waals surface area (Å²) in [5.74, 6) is 1.80. The third-order valence-corrected chi connectivity index (χ3v) is 2.78. The van der Waals surface area contributed by atoms with Crippen LogP contribution in [0.1, 0.15) is 27.7 Å². The van der Waals surface area contributed by atoms with Crippen LogP contribution in [-0.4, -0.2) is 12.2 Å². The highest BCUT2D eigenvalue weighted by atomic mass is 16.5. The van der Waals surface area contributed by atoms with Crippen LogP contribution in [0.2, 0.25) is 0 Å². The first-order valence-corrected chi connectivity index (χ1v) is 7.00. The molecule has 106 valence electrons. The van der Waals surface area contributed by atoms with Crippen LogP contribution < -0.4 is 9.47 Å². The molecule has 0 saturated carbocycles. The van der Waals surface area contributed by atoms with Gasteiger partial charge in [0.25, 0.3) is 0 Å². The first kappa shape index (κ1) is 14.4. The van der Waals surface area contributed by atoms with E-state index in [2.05, 4.69) is 24.3 Å². The second-order valence-corrected chi connectivity index (χ2v) is 5.70. The van der Waals surface area contributed by atoms with Crippen LogP contribution in [0.15, 0.2) is 48.5 Å². The van der Waals surface area contributed by atoms with Crippen molar-refractivity contribution in [3.63, 3.8) is 0 Å². The van der Waals surface area contributed by atoms with Crippen LogP contribution in [0.3, 0.4) is 0 Å². The number of hydrogen-bond donors (Lipinski definition) is 0. The lowest BCUT2D eigenvalue weighted by Crippen LogP contribution is -2.22. The second-order valence-electron chi connectivity index (χ2n) is 5.70. The summed E-state index contributed by atoms with van der Waals surface area (Å²) in [6, 6.07) is 16.3. The summed E-state index contributed by atoms with van der Waals surface area (Å²) in [5.41, 5.74) is 2.19. The normalized spacial score (nSPS) is 11.2. The molecule has 2 heteroatoms. The molecule has 0 aliphatic heterocycles. The van der Waals surface area contributed by atoms with Crippen molar-refractivity contribution in [3.8, 4) is 22.6 Å². The standard InChI is InChI=1S/C18H22O2/c1-5-19-16-10-6-14(7-11-16)15-8-12-17(13-9-15)20-18(2,3)4/h6-13H,5H2,1-4H3. The average Bonchev–Trinajstić information content (AvgIpc) is 2.39. The van der Waals surface area contributed by atoms with Crippen LogP contribution in [0.4, 0.5) is 0 Å². The van der Waals surface area contributed by atoms with Gasteiger partial charge in [0.05, 0.1) is 6.61 Å². The molecule has 0 N–H and O–H groups in total. The largest absolute Gasteiger partial charge is 0.494 e. The molecule has 0 heterocycles. The van der Waals surface area contributed by atoms with E-state index < -0.39 is 0 Å². The van der Waals surface area contributed by atoms with Crippen molar-refractivity contribution >= 4 is 0 Å². The monoisotopic (exact) mass is 270 g/mol. The highest BCUT2D eigenvalue weighted by Gasteiger charge is 2.11. The van der Waals surface area contributed by atoms with Gasteiger partial charge in [-0.25, -0.2) is 0 Å². The van der Waals surface area contributed by atoms with E-state index in [0.717, 1.165) is 11.5 Å². The minimum atomic E-state index is -0.166. The van der Waals surface area contributed by atoms with Gasteiger partial charge in [0.15, 0.2) is 0 Å². The Morgan fingerprint density at radius 1 is 0.750 bits per heavy atom. The van der Waals surface area contributed by atoms with Crippen molar-refractivity contribution in [1.82, 2.24) is 0 Å². The minimum Gasteiger partial charge on any atom is -0.494 e. The topological polar surface area (TPSA) is 18.5 Å². The lowest BCUT2D eigenvalue weighted by atomic mass is 10.1. The van der Waals surface area contributed by atoms with E-state index in [1.54, 1.807) is 0 Å². The fourth-order valence-electron chi connectivity index (χ4n) is 1.98. The molecule has 20 heavy (non-hydrogen) atoms. The van der Waals surface area contributed by atoms with Gasteiger partial charge in [-0.15, -0.1) is 0 Å². The molecule has 2 nitrogen and oxygen atoms in total. The molecule has 0 fully saturated rings. The molecule has 0 saturated heterocycles. The first-order valence-electron chi connectivity index (χ1n) is 7.00. The molecule has 0 aromatic heterocycles. The quantitative estimate of drug-likeness (QED) is 0.784. The van der Waals surface area contributed by atoms with Gasteiger partial charge < -0.3 is 9.47 Å². The van der Waals surface area contributed by atoms with E-state index in [9.17, 15) is 0 Å². The molecule has 0 spiro atoms. The van der Waals surface area contributed by atoms with Crippen molar-refractivity contribution in [1.29, 1.82) is 0 Å². The lowest BCUT2D eigenvalue weighted by Gasteiger charge is -2.21. The van der Waals surface area contributed by atoms with Crippen molar-refractivity contribution in [3.05, 3.63) is 48.5 Å². The third-order valence-electron chi connectivity index (χ3n) is 2.78. The van der Waals surface area contributed by atoms with Gasteiger partial charge in [-0.1, -0.05) is 24.3 Å². The Balaban J connectivity index is 2.13. The van der Waals surface area contributed by atoms with Gasteiger partial charge >= 0.3 is 0 Å². The van der Waals surface area contributed by atoms with E-state index >= 15 is 0 Å². The van der Waals surface area contributed by atoms with Gasteiger partial charge in [0, 0.05) is 0 Å². The van der Waals surface area contributed by atoms with Crippen LogP contribution in [0.5, 0.6) is 11.5 Å². The molecule has 0 bridgehead atoms. The van der Waals surface area contributed by atoms with E-state index in [4.69, 9.17) is 9.47 Å². The van der Waals surface area contributed by atoms with Gasteiger partial charge in [-0.2, -0.15) is 0 Å². The van der Waals surface area contributed by atoms with Crippen LogP contribution >= 0.6 is 0 Å². The summed E-state index contributed by atoms with van der Waals surface area (Å²) in [5, 5.41) is 0. The highest BCUT2D eigenvalue weighted by Crippen LogP contribution is 2.26. The zero-order chi connectivity index (χ0) is 14.6. The summed E-state index contributed by atoms with van der Waals surface area (Å²) < 4.78 is 11.3. The fourth-order valence-corrected chi connectivity index (χ4v) is 1.98. The van der Waals surface area contributed by atoms with Crippen molar-refractivity contribution in [2.24, 2.45) is 0 Å². The SMILES string of the molecule is CCOc1ccc(-c2ccc(OC(C)(C)C)cc2)cc1. The molecule has 2 rings (SSSR count). The number of rotatable bonds is 4. The van der Waals surface area contributed by atoms with E-state index in [1.165, 1.54) is 11.1 Å². The third kappa shape index (κ3) is 4.02. The van der Waals surface area contributed by atoms with E-state index in [0.29, 0.717) is 6.61 Å².